The molecule has 1 heterocycles. The zero-order chi connectivity index (χ0) is 15.8. The lowest BCUT2D eigenvalue weighted by atomic mass is 10.0. The molecule has 2 aromatic rings. The van der Waals surface area contributed by atoms with Gasteiger partial charge in [-0.3, -0.25) is 4.68 Å². The number of sulfone groups is 1. The Morgan fingerprint density at radius 2 is 2.10 bits per heavy atom. The Hall–Kier alpha value is -1.37. The molecule has 114 valence electrons. The number of rotatable bonds is 4. The first kappa shape index (κ1) is 16.0. The van der Waals surface area contributed by atoms with Crippen LogP contribution in [0.15, 0.2) is 29.2 Å². The van der Waals surface area contributed by atoms with Gasteiger partial charge in [-0.2, -0.15) is 5.10 Å². The monoisotopic (exact) mass is 327 g/mol. The second-order valence-electron chi connectivity index (χ2n) is 5.12. The topological polar surface area (TPSA) is 78.0 Å². The summed E-state index contributed by atoms with van der Waals surface area (Å²) in [5, 5.41) is 4.85. The quantitative estimate of drug-likeness (QED) is 0.932. The fraction of sp³-hybridized carbons (Fsp3) is 0.357. The summed E-state index contributed by atoms with van der Waals surface area (Å²) in [4.78, 5) is 0.266. The smallest absolute Gasteiger partial charge is 0.175 e. The van der Waals surface area contributed by atoms with Gasteiger partial charge < -0.3 is 5.73 Å². The molecule has 1 aromatic heterocycles. The molecule has 21 heavy (non-hydrogen) atoms. The fourth-order valence-electron chi connectivity index (χ4n) is 2.20. The van der Waals surface area contributed by atoms with Crippen LogP contribution in [0.3, 0.4) is 0 Å². The van der Waals surface area contributed by atoms with E-state index >= 15 is 0 Å². The van der Waals surface area contributed by atoms with E-state index in [-0.39, 0.29) is 10.9 Å². The van der Waals surface area contributed by atoms with Gasteiger partial charge in [-0.25, -0.2) is 8.42 Å². The van der Waals surface area contributed by atoms with Crippen molar-refractivity contribution in [1.29, 1.82) is 0 Å². The predicted octanol–water partition coefficient (Wildman–Crippen LogP) is 2.03. The number of nitrogens with zero attached hydrogens (tertiary/aromatic N) is 2. The minimum Gasteiger partial charge on any atom is -0.324 e. The molecule has 0 bridgehead atoms. The second kappa shape index (κ2) is 5.79. The third-order valence-electron chi connectivity index (χ3n) is 3.39. The minimum absolute atomic E-state index is 0.266. The van der Waals surface area contributed by atoms with Crippen LogP contribution in [-0.2, 0) is 23.3 Å². The van der Waals surface area contributed by atoms with E-state index in [1.54, 1.807) is 22.9 Å². The van der Waals surface area contributed by atoms with E-state index in [4.69, 9.17) is 17.3 Å². The SMILES string of the molecule is Cc1nn(C)c(CC(N)c2cccc(S(C)(=O)=O)c2)c1Cl. The van der Waals surface area contributed by atoms with Crippen molar-refractivity contribution >= 4 is 21.4 Å². The molecule has 2 N–H and O–H groups in total. The highest BCUT2D eigenvalue weighted by Gasteiger charge is 2.17. The first-order valence-corrected chi connectivity index (χ1v) is 8.70. The molecule has 0 radical (unpaired) electrons. The van der Waals surface area contributed by atoms with Gasteiger partial charge in [0.2, 0.25) is 0 Å². The number of hydrogen-bond donors (Lipinski definition) is 1. The van der Waals surface area contributed by atoms with E-state index in [9.17, 15) is 8.42 Å². The number of nitrogens with two attached hydrogens (primary N) is 1. The van der Waals surface area contributed by atoms with Crippen LogP contribution in [0, 0.1) is 6.92 Å². The zero-order valence-electron chi connectivity index (χ0n) is 12.2. The van der Waals surface area contributed by atoms with Gasteiger partial charge >= 0.3 is 0 Å². The number of halogens is 1. The lowest BCUT2D eigenvalue weighted by Gasteiger charge is -2.13. The Bertz CT molecular complexity index is 769. The number of aromatic nitrogens is 2. The van der Waals surface area contributed by atoms with Crippen molar-refractivity contribution in [3.63, 3.8) is 0 Å². The van der Waals surface area contributed by atoms with Gasteiger partial charge in [0.05, 0.1) is 21.3 Å². The summed E-state index contributed by atoms with van der Waals surface area (Å²) < 4.78 is 24.9. The summed E-state index contributed by atoms with van der Waals surface area (Å²) in [5.74, 6) is 0. The lowest BCUT2D eigenvalue weighted by Crippen LogP contribution is -2.16. The van der Waals surface area contributed by atoms with Gasteiger partial charge in [-0.1, -0.05) is 23.7 Å². The van der Waals surface area contributed by atoms with Crippen molar-refractivity contribution in [2.45, 2.75) is 24.3 Å². The molecule has 0 saturated carbocycles. The molecular formula is C14H18ClN3O2S. The minimum atomic E-state index is -3.24. The number of benzene rings is 1. The van der Waals surface area contributed by atoms with E-state index in [1.807, 2.05) is 20.0 Å². The van der Waals surface area contributed by atoms with E-state index in [0.29, 0.717) is 11.4 Å². The maximum atomic E-state index is 11.6. The third-order valence-corrected chi connectivity index (χ3v) is 4.99. The molecule has 1 unspecified atom stereocenters. The van der Waals surface area contributed by atoms with Crippen molar-refractivity contribution in [2.75, 3.05) is 6.26 Å². The molecule has 5 nitrogen and oxygen atoms in total. The molecule has 0 amide bonds. The molecule has 2 rings (SSSR count). The molecule has 0 aliphatic heterocycles. The van der Waals surface area contributed by atoms with Crippen LogP contribution < -0.4 is 5.73 Å². The molecular weight excluding hydrogens is 310 g/mol. The van der Waals surface area contributed by atoms with Crippen molar-refractivity contribution in [2.24, 2.45) is 12.8 Å². The normalized spacial score (nSPS) is 13.4. The largest absolute Gasteiger partial charge is 0.324 e. The average molecular weight is 328 g/mol. The maximum absolute atomic E-state index is 11.6. The molecule has 0 aliphatic rings. The Labute approximate surface area is 129 Å². The molecule has 0 saturated heterocycles. The first-order valence-electron chi connectivity index (χ1n) is 6.43. The van der Waals surface area contributed by atoms with Gasteiger partial charge in [-0.05, 0) is 24.6 Å². The third kappa shape index (κ3) is 3.45. The summed E-state index contributed by atoms with van der Waals surface area (Å²) in [6, 6.07) is 6.33. The van der Waals surface area contributed by atoms with E-state index in [0.717, 1.165) is 17.0 Å². The Balaban J connectivity index is 2.31. The summed E-state index contributed by atoms with van der Waals surface area (Å²) >= 11 is 6.21. The van der Waals surface area contributed by atoms with E-state index in [1.165, 1.54) is 6.26 Å². The van der Waals surface area contributed by atoms with Gasteiger partial charge in [-0.15, -0.1) is 0 Å². The van der Waals surface area contributed by atoms with Crippen LogP contribution in [0.5, 0.6) is 0 Å². The number of hydrogen-bond acceptors (Lipinski definition) is 4. The lowest BCUT2D eigenvalue weighted by molar-refractivity contribution is 0.601. The van der Waals surface area contributed by atoms with Gasteiger partial charge in [0, 0.05) is 25.8 Å². The van der Waals surface area contributed by atoms with Gasteiger partial charge in [0.25, 0.3) is 0 Å². The maximum Gasteiger partial charge on any atom is 0.175 e. The van der Waals surface area contributed by atoms with Crippen molar-refractivity contribution in [3.05, 3.63) is 46.2 Å². The first-order chi connectivity index (χ1) is 9.70. The molecule has 0 aliphatic carbocycles. The van der Waals surface area contributed by atoms with E-state index in [2.05, 4.69) is 5.10 Å². The summed E-state index contributed by atoms with van der Waals surface area (Å²) in [6.07, 6.45) is 1.67. The molecule has 7 heteroatoms. The number of aryl methyl sites for hydroxylation is 2. The van der Waals surface area contributed by atoms with E-state index < -0.39 is 9.84 Å². The molecule has 0 fully saturated rings. The van der Waals surface area contributed by atoms with Crippen molar-refractivity contribution in [1.82, 2.24) is 9.78 Å². The van der Waals surface area contributed by atoms with Crippen LogP contribution in [0.25, 0.3) is 0 Å². The zero-order valence-corrected chi connectivity index (χ0v) is 13.7. The standard InChI is InChI=1S/C14H18ClN3O2S/c1-9-14(15)13(18(2)17-9)8-12(16)10-5-4-6-11(7-10)21(3,19)20/h4-7,12H,8,16H2,1-3H3. The Kier molecular flexibility index (Phi) is 4.41. The molecule has 1 atom stereocenters. The van der Waals surface area contributed by atoms with Gasteiger partial charge in [0.1, 0.15) is 0 Å². The Morgan fingerprint density at radius 1 is 1.43 bits per heavy atom. The average Bonchev–Trinajstić information content (AvgIpc) is 2.64. The molecule has 1 aromatic carbocycles. The summed E-state index contributed by atoms with van der Waals surface area (Å²) in [6.45, 7) is 1.83. The van der Waals surface area contributed by atoms with Crippen molar-refractivity contribution in [3.8, 4) is 0 Å². The predicted molar refractivity (Wildman–Crippen MR) is 83.1 cm³/mol. The van der Waals surface area contributed by atoms with Crippen LogP contribution >= 0.6 is 11.6 Å². The molecule has 0 spiro atoms. The summed E-state index contributed by atoms with van der Waals surface area (Å²) in [5.41, 5.74) is 8.54. The fourth-order valence-corrected chi connectivity index (χ4v) is 3.12. The highest BCUT2D eigenvalue weighted by atomic mass is 35.5. The highest BCUT2D eigenvalue weighted by Crippen LogP contribution is 2.25. The van der Waals surface area contributed by atoms with Crippen molar-refractivity contribution < 1.29 is 8.42 Å². The van der Waals surface area contributed by atoms with Gasteiger partial charge in [0.15, 0.2) is 9.84 Å². The van der Waals surface area contributed by atoms with Crippen LogP contribution in [0.1, 0.15) is 23.0 Å². The van der Waals surface area contributed by atoms with Crippen LogP contribution in [-0.4, -0.2) is 24.5 Å². The second-order valence-corrected chi connectivity index (χ2v) is 7.52. The Morgan fingerprint density at radius 3 is 2.62 bits per heavy atom. The van der Waals surface area contributed by atoms with Crippen LogP contribution in [0.4, 0.5) is 0 Å². The summed E-state index contributed by atoms with van der Waals surface area (Å²) in [7, 11) is -1.43. The van der Waals surface area contributed by atoms with Crippen LogP contribution in [0.2, 0.25) is 5.02 Å². The highest BCUT2D eigenvalue weighted by molar-refractivity contribution is 7.90.